The van der Waals surface area contributed by atoms with Crippen LogP contribution >= 0.6 is 0 Å². The van der Waals surface area contributed by atoms with E-state index >= 15 is 0 Å². The number of nitrogens with zero attached hydrogens (tertiary/aromatic N) is 1. The van der Waals surface area contributed by atoms with E-state index in [-0.39, 0.29) is 10.3 Å². The van der Waals surface area contributed by atoms with Crippen molar-refractivity contribution >= 4 is 10.0 Å². The van der Waals surface area contributed by atoms with E-state index < -0.39 is 15.8 Å². The van der Waals surface area contributed by atoms with Gasteiger partial charge in [-0.15, -0.1) is 0 Å². The van der Waals surface area contributed by atoms with Crippen LogP contribution in [-0.4, -0.2) is 33.4 Å². The van der Waals surface area contributed by atoms with Crippen molar-refractivity contribution in [2.24, 2.45) is 5.41 Å². The van der Waals surface area contributed by atoms with Crippen LogP contribution in [0.5, 0.6) is 0 Å². The predicted molar refractivity (Wildman–Crippen MR) is 78.4 cm³/mol. The molecule has 6 heteroatoms. The number of rotatable bonds is 5. The molecule has 0 bridgehead atoms. The van der Waals surface area contributed by atoms with Crippen LogP contribution < -0.4 is 5.32 Å². The van der Waals surface area contributed by atoms with Crippen LogP contribution in [0.3, 0.4) is 0 Å². The second kappa shape index (κ2) is 6.20. The van der Waals surface area contributed by atoms with Crippen LogP contribution in [0.1, 0.15) is 26.3 Å². The molecule has 1 aromatic rings. The molecule has 0 heterocycles. The molecule has 0 radical (unpaired) electrons. The van der Waals surface area contributed by atoms with Gasteiger partial charge < -0.3 is 5.32 Å². The lowest BCUT2D eigenvalue weighted by molar-refractivity contribution is 0.310. The quantitative estimate of drug-likeness (QED) is 0.907. The summed E-state index contributed by atoms with van der Waals surface area (Å²) in [5.41, 5.74) is 0.396. The molecule has 1 N–H and O–H groups in total. The highest BCUT2D eigenvalue weighted by Gasteiger charge is 2.27. The molecule has 0 aromatic heterocycles. The number of nitrogens with one attached hydrogen (secondary N) is 1. The maximum absolute atomic E-state index is 13.4. The summed E-state index contributed by atoms with van der Waals surface area (Å²) >= 11 is 0. The van der Waals surface area contributed by atoms with E-state index in [1.54, 1.807) is 7.05 Å². The summed E-state index contributed by atoms with van der Waals surface area (Å²) in [4.78, 5) is 0.0265. The third-order valence-electron chi connectivity index (χ3n) is 2.78. The van der Waals surface area contributed by atoms with Gasteiger partial charge in [0.15, 0.2) is 0 Å². The Bertz CT molecular complexity index is 565. The lowest BCUT2D eigenvalue weighted by Crippen LogP contribution is -2.35. The van der Waals surface area contributed by atoms with Gasteiger partial charge in [0.25, 0.3) is 0 Å². The Balaban J connectivity index is 3.23. The molecular formula is C14H23FN2O2S. The Morgan fingerprint density at radius 1 is 1.30 bits per heavy atom. The summed E-state index contributed by atoms with van der Waals surface area (Å²) in [7, 11) is -0.451. The normalized spacial score (nSPS) is 12.9. The second-order valence-corrected chi connectivity index (χ2v) is 8.12. The van der Waals surface area contributed by atoms with Gasteiger partial charge in [-0.3, -0.25) is 0 Å². The highest BCUT2D eigenvalue weighted by atomic mass is 32.2. The Hall–Kier alpha value is -0.980. The molecule has 0 unspecified atom stereocenters. The first-order chi connectivity index (χ1) is 9.08. The summed E-state index contributed by atoms with van der Waals surface area (Å²) in [6.07, 6.45) is 0. The van der Waals surface area contributed by atoms with E-state index in [2.05, 4.69) is 5.32 Å². The van der Waals surface area contributed by atoms with Gasteiger partial charge in [0, 0.05) is 20.1 Å². The van der Waals surface area contributed by atoms with E-state index in [1.807, 2.05) is 20.8 Å². The minimum atomic E-state index is -3.69. The Labute approximate surface area is 121 Å². The van der Waals surface area contributed by atoms with Gasteiger partial charge in [0.05, 0.1) is 4.90 Å². The summed E-state index contributed by atoms with van der Waals surface area (Å²) in [5.74, 6) is -0.549. The molecule has 0 fully saturated rings. The highest BCUT2D eigenvalue weighted by Crippen LogP contribution is 2.24. The molecule has 0 spiro atoms. The van der Waals surface area contributed by atoms with Gasteiger partial charge in [-0.25, -0.2) is 17.1 Å². The average molecular weight is 302 g/mol. The standard InChI is InChI=1S/C14H23FN2O2S/c1-14(2,3)10-17(5)20(18,19)13-8-12(15)7-6-11(13)9-16-4/h6-8,16H,9-10H2,1-5H3. The number of halogens is 1. The third-order valence-corrected chi connectivity index (χ3v) is 4.67. The lowest BCUT2D eigenvalue weighted by atomic mass is 9.97. The monoisotopic (exact) mass is 302 g/mol. The fourth-order valence-corrected chi connectivity index (χ4v) is 3.65. The molecule has 4 nitrogen and oxygen atoms in total. The van der Waals surface area contributed by atoms with E-state index in [9.17, 15) is 12.8 Å². The summed E-state index contributed by atoms with van der Waals surface area (Å²) in [6, 6.07) is 3.86. The van der Waals surface area contributed by atoms with Crippen molar-refractivity contribution in [3.8, 4) is 0 Å². The maximum Gasteiger partial charge on any atom is 0.243 e. The van der Waals surface area contributed by atoms with Gasteiger partial charge in [0.1, 0.15) is 5.82 Å². The first-order valence-corrected chi connectivity index (χ1v) is 7.91. The highest BCUT2D eigenvalue weighted by molar-refractivity contribution is 7.89. The van der Waals surface area contributed by atoms with Crippen LogP contribution in [0.2, 0.25) is 0 Å². The van der Waals surface area contributed by atoms with Crippen LogP contribution in [0.25, 0.3) is 0 Å². The molecule has 0 atom stereocenters. The van der Waals surface area contributed by atoms with Gasteiger partial charge in [-0.05, 0) is 30.2 Å². The summed E-state index contributed by atoms with van der Waals surface area (Å²) < 4.78 is 39.9. The average Bonchev–Trinajstić information content (AvgIpc) is 2.29. The Kier molecular flexibility index (Phi) is 5.29. The van der Waals surface area contributed by atoms with Crippen molar-refractivity contribution < 1.29 is 12.8 Å². The van der Waals surface area contributed by atoms with Crippen LogP contribution in [0.4, 0.5) is 4.39 Å². The van der Waals surface area contributed by atoms with Crippen LogP contribution in [0, 0.1) is 11.2 Å². The van der Waals surface area contributed by atoms with Gasteiger partial charge in [-0.1, -0.05) is 26.8 Å². The fraction of sp³-hybridized carbons (Fsp3) is 0.571. The van der Waals surface area contributed by atoms with Crippen LogP contribution in [0.15, 0.2) is 23.1 Å². The SMILES string of the molecule is CNCc1ccc(F)cc1S(=O)(=O)N(C)CC(C)(C)C. The van der Waals surface area contributed by atoms with Crippen molar-refractivity contribution in [3.05, 3.63) is 29.6 Å². The fourth-order valence-electron chi connectivity index (χ4n) is 2.03. The molecule has 1 aromatic carbocycles. The number of hydrogen-bond acceptors (Lipinski definition) is 3. The molecule has 1 rings (SSSR count). The van der Waals surface area contributed by atoms with Crippen molar-refractivity contribution in [2.45, 2.75) is 32.2 Å². The Morgan fingerprint density at radius 2 is 1.90 bits per heavy atom. The molecule has 0 aliphatic carbocycles. The van der Waals surface area contributed by atoms with Crippen molar-refractivity contribution in [2.75, 3.05) is 20.6 Å². The molecular weight excluding hydrogens is 279 g/mol. The summed E-state index contributed by atoms with van der Waals surface area (Å²) in [5, 5.41) is 2.90. The smallest absolute Gasteiger partial charge is 0.243 e. The minimum absolute atomic E-state index is 0.0265. The predicted octanol–water partition coefficient (Wildman–Crippen LogP) is 2.21. The number of sulfonamides is 1. The topological polar surface area (TPSA) is 49.4 Å². The second-order valence-electron chi connectivity index (χ2n) is 6.10. The van der Waals surface area contributed by atoms with Gasteiger partial charge in [-0.2, -0.15) is 0 Å². The molecule has 0 amide bonds. The van der Waals surface area contributed by atoms with Gasteiger partial charge >= 0.3 is 0 Å². The van der Waals surface area contributed by atoms with E-state index in [4.69, 9.17) is 0 Å². The Morgan fingerprint density at radius 3 is 2.40 bits per heavy atom. The van der Waals surface area contributed by atoms with Crippen molar-refractivity contribution in [1.82, 2.24) is 9.62 Å². The minimum Gasteiger partial charge on any atom is -0.316 e. The lowest BCUT2D eigenvalue weighted by Gasteiger charge is -2.26. The van der Waals surface area contributed by atoms with Crippen molar-refractivity contribution in [1.29, 1.82) is 0 Å². The van der Waals surface area contributed by atoms with Crippen LogP contribution in [-0.2, 0) is 16.6 Å². The third kappa shape index (κ3) is 4.26. The molecule has 0 saturated carbocycles. The molecule has 0 aliphatic heterocycles. The molecule has 20 heavy (non-hydrogen) atoms. The van der Waals surface area contributed by atoms with E-state index in [0.717, 1.165) is 6.07 Å². The first kappa shape index (κ1) is 17.1. The van der Waals surface area contributed by atoms with Crippen molar-refractivity contribution in [3.63, 3.8) is 0 Å². The zero-order valence-corrected chi connectivity index (χ0v) is 13.5. The number of benzene rings is 1. The molecule has 0 saturated heterocycles. The molecule has 114 valence electrons. The zero-order chi connectivity index (χ0) is 15.6. The van der Waals surface area contributed by atoms with Gasteiger partial charge in [0.2, 0.25) is 10.0 Å². The van der Waals surface area contributed by atoms with E-state index in [0.29, 0.717) is 18.7 Å². The maximum atomic E-state index is 13.4. The zero-order valence-electron chi connectivity index (χ0n) is 12.7. The number of hydrogen-bond donors (Lipinski definition) is 1. The summed E-state index contributed by atoms with van der Waals surface area (Å²) in [6.45, 7) is 6.61. The molecule has 0 aliphatic rings. The van der Waals surface area contributed by atoms with E-state index in [1.165, 1.54) is 23.5 Å². The first-order valence-electron chi connectivity index (χ1n) is 6.47. The largest absolute Gasteiger partial charge is 0.316 e.